The van der Waals surface area contributed by atoms with Crippen molar-refractivity contribution in [3.63, 3.8) is 0 Å². The summed E-state index contributed by atoms with van der Waals surface area (Å²) in [6.45, 7) is -0.114. The van der Waals surface area contributed by atoms with Crippen molar-refractivity contribution in [1.29, 1.82) is 0 Å². The van der Waals surface area contributed by atoms with Crippen LogP contribution in [0, 0.1) is 0 Å². The number of methoxy groups -OCH3 is 1. The van der Waals surface area contributed by atoms with E-state index in [1.165, 1.54) is 22.3 Å². The average molecular weight is 891 g/mol. The number of ether oxygens (including phenoxy) is 1. The third-order valence-corrected chi connectivity index (χ3v) is 15.4. The van der Waals surface area contributed by atoms with E-state index in [0.29, 0.717) is 0 Å². The predicted octanol–water partition coefficient (Wildman–Crippen LogP) is 12.6. The fourth-order valence-electron chi connectivity index (χ4n) is 12.6. The van der Waals surface area contributed by atoms with E-state index in [2.05, 4.69) is 212 Å². The lowest BCUT2D eigenvalue weighted by Crippen LogP contribution is -2.35. The molecule has 2 atom stereocenters. The molecule has 0 saturated carbocycles. The first kappa shape index (κ1) is 41.0. The highest BCUT2D eigenvalue weighted by Crippen LogP contribution is 2.62. The Bertz CT molecular complexity index is 3100. The summed E-state index contributed by atoms with van der Waals surface area (Å²) in [4.78, 5) is 10.4. The van der Waals surface area contributed by atoms with Crippen molar-refractivity contribution >= 4 is 0 Å². The Balaban J connectivity index is 1.26. The van der Waals surface area contributed by atoms with Gasteiger partial charge in [0.2, 0.25) is 0 Å². The third-order valence-electron chi connectivity index (χ3n) is 15.4. The normalized spacial score (nSPS) is 17.6. The molecule has 5 heteroatoms. The van der Waals surface area contributed by atoms with Crippen molar-refractivity contribution < 1.29 is 14.9 Å². The summed E-state index contributed by atoms with van der Waals surface area (Å²) < 4.78 is 5.82. The lowest BCUT2D eigenvalue weighted by atomic mass is 9.60. The monoisotopic (exact) mass is 890 g/mol. The van der Waals surface area contributed by atoms with E-state index in [0.717, 1.165) is 95.0 Å². The van der Waals surface area contributed by atoms with Crippen LogP contribution >= 0.6 is 0 Å². The van der Waals surface area contributed by atoms with E-state index < -0.39 is 16.2 Å². The predicted molar refractivity (Wildman–Crippen MR) is 272 cm³/mol. The summed E-state index contributed by atoms with van der Waals surface area (Å²) in [6, 6.07) is 77.0. The second-order valence-electron chi connectivity index (χ2n) is 18.5. The zero-order valence-corrected chi connectivity index (χ0v) is 38.0. The number of pyridine rings is 2. The minimum atomic E-state index is -0.866. The largest absolute Gasteiger partial charge is 0.497 e. The van der Waals surface area contributed by atoms with Crippen LogP contribution in [0.1, 0.15) is 77.9 Å². The Labute approximate surface area is 401 Å². The Hall–Kier alpha value is -8.22. The smallest absolute Gasteiger partial charge is 0.118 e. The third kappa shape index (κ3) is 5.54. The number of aliphatic hydroxyl groups is 2. The lowest BCUT2D eigenvalue weighted by molar-refractivity contribution is 0.281. The minimum Gasteiger partial charge on any atom is -0.497 e. The first-order chi connectivity index (χ1) is 34.1. The van der Waals surface area contributed by atoms with Crippen LogP contribution in [0.4, 0.5) is 0 Å². The molecule has 3 aliphatic carbocycles. The van der Waals surface area contributed by atoms with Gasteiger partial charge in [-0.3, -0.25) is 9.97 Å². The van der Waals surface area contributed by atoms with Crippen LogP contribution in [0.25, 0.3) is 33.6 Å². The number of aliphatic hydroxyl groups excluding tert-OH is 2. The number of hydrogen-bond acceptors (Lipinski definition) is 5. The van der Waals surface area contributed by atoms with Crippen molar-refractivity contribution in [3.05, 3.63) is 303 Å². The standard InChI is InChI=1S/C64H46N2O3/c1-69-49-32-30-45(31-33-49)64(57-19-9-5-15-53(57)61-59(64)21-11-35-66-61)48-37-46(62(43-26-22-41(39-67)23-27-43)54-16-6-2-12-50(54)51-13-3-7-17-55(51)62)36-47(38-48)63(44-28-24-42(40-68)25-29-44)56-18-8-4-14-52(56)60-58(63)20-10-34-65-60/h2-38,67-68H,39-40H2,1H3. The summed E-state index contributed by atoms with van der Waals surface area (Å²) in [6.07, 6.45) is 3.81. The number of rotatable bonds is 9. The molecule has 0 bridgehead atoms. The van der Waals surface area contributed by atoms with Crippen LogP contribution in [0.15, 0.2) is 225 Å². The van der Waals surface area contributed by atoms with Crippen LogP contribution in [0.2, 0.25) is 0 Å². The zero-order valence-electron chi connectivity index (χ0n) is 38.0. The maximum atomic E-state index is 10.4. The fraction of sp³-hybridized carbons (Fsp3) is 0.0938. The maximum Gasteiger partial charge on any atom is 0.118 e. The second kappa shape index (κ2) is 15.7. The summed E-state index contributed by atoms with van der Waals surface area (Å²) in [5.74, 6) is 0.780. The first-order valence-corrected chi connectivity index (χ1v) is 23.6. The molecule has 10 aromatic rings. The molecule has 5 nitrogen and oxygen atoms in total. The molecule has 69 heavy (non-hydrogen) atoms. The Morgan fingerprint density at radius 2 is 0.667 bits per heavy atom. The van der Waals surface area contributed by atoms with Crippen LogP contribution in [0.5, 0.6) is 5.75 Å². The molecule has 8 aromatic carbocycles. The van der Waals surface area contributed by atoms with Crippen molar-refractivity contribution in [3.8, 4) is 39.4 Å². The number of nitrogens with zero attached hydrogens (tertiary/aromatic N) is 2. The summed E-state index contributed by atoms with van der Waals surface area (Å²) in [7, 11) is 1.72. The Morgan fingerprint density at radius 3 is 1.04 bits per heavy atom. The van der Waals surface area contributed by atoms with Gasteiger partial charge in [-0.05, 0) is 113 Å². The molecule has 0 spiro atoms. The summed E-state index contributed by atoms with van der Waals surface area (Å²) in [5, 5.41) is 20.9. The molecule has 330 valence electrons. The van der Waals surface area contributed by atoms with Gasteiger partial charge in [0.1, 0.15) is 5.75 Å². The molecule has 2 unspecified atom stereocenters. The molecule has 0 saturated heterocycles. The molecular formula is C64H46N2O3. The van der Waals surface area contributed by atoms with E-state index in [9.17, 15) is 10.2 Å². The number of benzene rings is 8. The first-order valence-electron chi connectivity index (χ1n) is 23.6. The molecule has 0 fully saturated rings. The van der Waals surface area contributed by atoms with Gasteiger partial charge in [0.15, 0.2) is 0 Å². The zero-order chi connectivity index (χ0) is 46.3. The van der Waals surface area contributed by atoms with Gasteiger partial charge in [-0.2, -0.15) is 0 Å². The number of fused-ring (bicyclic) bond motifs is 9. The quantitative estimate of drug-likeness (QED) is 0.151. The van der Waals surface area contributed by atoms with Crippen molar-refractivity contribution in [2.75, 3.05) is 7.11 Å². The number of aromatic nitrogens is 2. The lowest BCUT2D eigenvalue weighted by Gasteiger charge is -2.41. The van der Waals surface area contributed by atoms with Crippen molar-refractivity contribution in [1.82, 2.24) is 9.97 Å². The minimum absolute atomic E-state index is 0.0538. The SMILES string of the molecule is COc1ccc(C2(c3cc(C4(c5ccc(CO)cc5)c5ccccc5-c5ccccc54)cc(C4(c5ccc(CO)cc5)c5ccccc5-c5ncccc54)c3)c3ccccc3-c3ncccc32)cc1. The van der Waals surface area contributed by atoms with E-state index in [1.807, 2.05) is 12.4 Å². The molecule has 0 amide bonds. The molecular weight excluding hydrogens is 845 g/mol. The van der Waals surface area contributed by atoms with E-state index in [-0.39, 0.29) is 13.2 Å². The van der Waals surface area contributed by atoms with E-state index in [1.54, 1.807) is 7.11 Å². The summed E-state index contributed by atoms with van der Waals surface area (Å²) >= 11 is 0. The van der Waals surface area contributed by atoms with Gasteiger partial charge in [-0.1, -0.05) is 188 Å². The Morgan fingerprint density at radius 1 is 0.348 bits per heavy atom. The fourth-order valence-corrected chi connectivity index (χ4v) is 12.6. The van der Waals surface area contributed by atoms with Gasteiger partial charge in [-0.15, -0.1) is 0 Å². The highest BCUT2D eigenvalue weighted by molar-refractivity contribution is 5.90. The molecule has 3 aliphatic rings. The molecule has 13 rings (SSSR count). The second-order valence-corrected chi connectivity index (χ2v) is 18.5. The van der Waals surface area contributed by atoms with Gasteiger partial charge in [-0.25, -0.2) is 0 Å². The average Bonchev–Trinajstić information content (AvgIpc) is 4.02. The Kier molecular flexibility index (Phi) is 9.32. The van der Waals surface area contributed by atoms with Crippen LogP contribution < -0.4 is 4.74 Å². The highest BCUT2D eigenvalue weighted by atomic mass is 16.5. The van der Waals surface area contributed by atoms with E-state index >= 15 is 0 Å². The van der Waals surface area contributed by atoms with Gasteiger partial charge in [0.05, 0.1) is 48.0 Å². The molecule has 0 aliphatic heterocycles. The topological polar surface area (TPSA) is 75.5 Å². The van der Waals surface area contributed by atoms with Gasteiger partial charge in [0, 0.05) is 23.5 Å². The van der Waals surface area contributed by atoms with Crippen molar-refractivity contribution in [2.24, 2.45) is 0 Å². The van der Waals surface area contributed by atoms with Crippen LogP contribution in [0.3, 0.4) is 0 Å². The van der Waals surface area contributed by atoms with E-state index in [4.69, 9.17) is 14.7 Å². The number of hydrogen-bond donors (Lipinski definition) is 2. The van der Waals surface area contributed by atoms with Crippen molar-refractivity contribution in [2.45, 2.75) is 29.5 Å². The molecule has 2 heterocycles. The van der Waals surface area contributed by atoms with Gasteiger partial charge < -0.3 is 14.9 Å². The summed E-state index contributed by atoms with van der Waals surface area (Å²) in [5.41, 5.74) is 19.0. The highest BCUT2D eigenvalue weighted by Gasteiger charge is 2.53. The van der Waals surface area contributed by atoms with Crippen LogP contribution in [-0.2, 0) is 29.5 Å². The molecule has 2 aromatic heterocycles. The van der Waals surface area contributed by atoms with Crippen LogP contribution in [-0.4, -0.2) is 27.3 Å². The van der Waals surface area contributed by atoms with Gasteiger partial charge >= 0.3 is 0 Å². The maximum absolute atomic E-state index is 10.4. The molecule has 2 N–H and O–H groups in total. The molecule has 0 radical (unpaired) electrons. The van der Waals surface area contributed by atoms with Gasteiger partial charge in [0.25, 0.3) is 0 Å².